The van der Waals surface area contributed by atoms with Crippen molar-refractivity contribution in [2.45, 2.75) is 14.0 Å². The van der Waals surface area contributed by atoms with E-state index in [9.17, 15) is 4.79 Å². The molecule has 5 N–H and O–H groups in total. The SMILES string of the molecule is C.CNc1[nH]c(=S)ncc1C(=O)Nc1c(Cl)cccc1CN. The van der Waals surface area contributed by atoms with Crippen LogP contribution in [0.1, 0.15) is 23.3 Å². The van der Waals surface area contributed by atoms with E-state index < -0.39 is 0 Å². The number of H-pyrrole nitrogens is 1. The molecule has 0 radical (unpaired) electrons. The molecule has 22 heavy (non-hydrogen) atoms. The van der Waals surface area contributed by atoms with Gasteiger partial charge in [-0.15, -0.1) is 0 Å². The number of anilines is 2. The highest BCUT2D eigenvalue weighted by Gasteiger charge is 2.15. The van der Waals surface area contributed by atoms with Gasteiger partial charge in [-0.25, -0.2) is 4.98 Å². The number of carbonyl (C=O) groups excluding carboxylic acids is 1. The number of aromatic nitrogens is 2. The smallest absolute Gasteiger partial charge is 0.260 e. The van der Waals surface area contributed by atoms with Gasteiger partial charge >= 0.3 is 0 Å². The monoisotopic (exact) mass is 339 g/mol. The van der Waals surface area contributed by atoms with Gasteiger partial charge in [-0.1, -0.05) is 31.2 Å². The molecule has 0 aliphatic rings. The molecule has 118 valence electrons. The molecule has 0 unspecified atom stereocenters. The lowest BCUT2D eigenvalue weighted by Crippen LogP contribution is -2.17. The van der Waals surface area contributed by atoms with Gasteiger partial charge in [-0.05, 0) is 23.8 Å². The second-order valence-corrected chi connectivity index (χ2v) is 4.95. The number of halogens is 1. The average molecular weight is 340 g/mol. The van der Waals surface area contributed by atoms with Crippen molar-refractivity contribution in [3.63, 3.8) is 0 Å². The molecule has 8 heteroatoms. The molecule has 1 aromatic carbocycles. The summed E-state index contributed by atoms with van der Waals surface area (Å²) in [6.07, 6.45) is 1.40. The van der Waals surface area contributed by atoms with Crippen molar-refractivity contribution < 1.29 is 4.79 Å². The van der Waals surface area contributed by atoms with Crippen LogP contribution in [0.3, 0.4) is 0 Å². The molecule has 0 fully saturated rings. The molecule has 2 aromatic rings. The summed E-state index contributed by atoms with van der Waals surface area (Å²) in [4.78, 5) is 19.1. The van der Waals surface area contributed by atoms with Crippen LogP contribution in [0.2, 0.25) is 5.02 Å². The summed E-state index contributed by atoms with van der Waals surface area (Å²) < 4.78 is 0.288. The third-order valence-corrected chi connectivity index (χ3v) is 3.39. The zero-order valence-corrected chi connectivity index (χ0v) is 12.8. The Morgan fingerprint density at radius 3 is 2.86 bits per heavy atom. The van der Waals surface area contributed by atoms with E-state index in [1.54, 1.807) is 25.2 Å². The number of nitrogens with two attached hydrogens (primary N) is 1. The molecule has 0 bridgehead atoms. The molecule has 0 aliphatic carbocycles. The third-order valence-electron chi connectivity index (χ3n) is 2.87. The van der Waals surface area contributed by atoms with Gasteiger partial charge in [0.1, 0.15) is 5.82 Å². The zero-order chi connectivity index (χ0) is 15.4. The van der Waals surface area contributed by atoms with E-state index in [0.717, 1.165) is 5.56 Å². The van der Waals surface area contributed by atoms with Gasteiger partial charge in [0.05, 0.1) is 16.3 Å². The molecule has 1 amide bonds. The number of nitrogens with one attached hydrogen (secondary N) is 3. The summed E-state index contributed by atoms with van der Waals surface area (Å²) in [5, 5.41) is 6.05. The van der Waals surface area contributed by atoms with E-state index in [-0.39, 0.29) is 24.6 Å². The van der Waals surface area contributed by atoms with E-state index in [0.29, 0.717) is 22.1 Å². The van der Waals surface area contributed by atoms with Crippen molar-refractivity contribution in [2.75, 3.05) is 17.7 Å². The topological polar surface area (TPSA) is 95.8 Å². The number of nitrogens with zero attached hydrogens (tertiary/aromatic N) is 1. The van der Waals surface area contributed by atoms with Gasteiger partial charge in [-0.2, -0.15) is 0 Å². The predicted molar refractivity (Wildman–Crippen MR) is 93.0 cm³/mol. The second kappa shape index (κ2) is 7.88. The lowest BCUT2D eigenvalue weighted by Gasteiger charge is -2.13. The second-order valence-electron chi connectivity index (χ2n) is 4.16. The molecule has 1 aromatic heterocycles. The fourth-order valence-corrected chi connectivity index (χ4v) is 2.22. The maximum atomic E-state index is 12.4. The lowest BCUT2D eigenvalue weighted by molar-refractivity contribution is 0.102. The van der Waals surface area contributed by atoms with Crippen molar-refractivity contribution in [3.05, 3.63) is 45.3 Å². The number of carbonyl (C=O) groups is 1. The van der Waals surface area contributed by atoms with E-state index in [1.807, 2.05) is 0 Å². The first-order chi connectivity index (χ1) is 10.1. The summed E-state index contributed by atoms with van der Waals surface area (Å²) >= 11 is 11.0. The highest BCUT2D eigenvalue weighted by Crippen LogP contribution is 2.26. The molecule has 0 saturated carbocycles. The fraction of sp³-hybridized carbons (Fsp3) is 0.214. The Morgan fingerprint density at radius 1 is 1.50 bits per heavy atom. The van der Waals surface area contributed by atoms with Crippen molar-refractivity contribution in [1.29, 1.82) is 0 Å². The quantitative estimate of drug-likeness (QED) is 0.642. The Bertz CT molecular complexity index is 731. The van der Waals surface area contributed by atoms with Crippen LogP contribution in [0.25, 0.3) is 0 Å². The van der Waals surface area contributed by atoms with Gasteiger partial charge in [0, 0.05) is 19.8 Å². The minimum Gasteiger partial charge on any atom is -0.374 e. The Hall–Kier alpha value is -1.96. The maximum Gasteiger partial charge on any atom is 0.260 e. The first-order valence-corrected chi connectivity index (χ1v) is 6.91. The third kappa shape index (κ3) is 3.82. The lowest BCUT2D eigenvalue weighted by atomic mass is 10.1. The minimum absolute atomic E-state index is 0. The first-order valence-electron chi connectivity index (χ1n) is 6.12. The highest BCUT2D eigenvalue weighted by molar-refractivity contribution is 7.71. The van der Waals surface area contributed by atoms with Crippen LogP contribution in [-0.4, -0.2) is 22.9 Å². The summed E-state index contributed by atoms with van der Waals surface area (Å²) in [5.41, 5.74) is 7.23. The maximum absolute atomic E-state index is 12.4. The first kappa shape index (κ1) is 18.1. The van der Waals surface area contributed by atoms with E-state index in [1.165, 1.54) is 6.20 Å². The number of aromatic amines is 1. The van der Waals surface area contributed by atoms with Crippen LogP contribution in [0, 0.1) is 4.77 Å². The van der Waals surface area contributed by atoms with Crippen LogP contribution >= 0.6 is 23.8 Å². The molecule has 1 heterocycles. The number of benzene rings is 1. The summed E-state index contributed by atoms with van der Waals surface area (Å²) in [6, 6.07) is 5.27. The Labute approximate surface area is 139 Å². The number of rotatable bonds is 4. The normalized spacial score (nSPS) is 9.77. The number of hydrogen-bond donors (Lipinski definition) is 4. The largest absolute Gasteiger partial charge is 0.374 e. The molecule has 0 aliphatic heterocycles. The highest BCUT2D eigenvalue weighted by atomic mass is 35.5. The molecular weight excluding hydrogens is 322 g/mol. The molecular formula is C14H18ClN5OS. The standard InChI is InChI=1S/C13H14ClN5OS.CH4/c1-16-11-8(6-17-13(21)19-11)12(20)18-10-7(5-15)3-2-4-9(10)14;/h2-4,6H,5,15H2,1H3,(H,18,20)(H2,16,17,19,21);1H4. The number of amides is 1. The Balaban J connectivity index is 0.00000242. The van der Waals surface area contributed by atoms with Crippen LogP contribution < -0.4 is 16.4 Å². The van der Waals surface area contributed by atoms with Crippen molar-refractivity contribution in [1.82, 2.24) is 9.97 Å². The van der Waals surface area contributed by atoms with Crippen molar-refractivity contribution in [2.24, 2.45) is 5.73 Å². The van der Waals surface area contributed by atoms with Crippen LogP contribution in [0.4, 0.5) is 11.5 Å². The van der Waals surface area contributed by atoms with Crippen molar-refractivity contribution in [3.8, 4) is 0 Å². The number of hydrogen-bond acceptors (Lipinski definition) is 5. The molecule has 6 nitrogen and oxygen atoms in total. The van der Waals surface area contributed by atoms with Gasteiger partial charge in [0.25, 0.3) is 5.91 Å². The van der Waals surface area contributed by atoms with Gasteiger partial charge < -0.3 is 21.4 Å². The van der Waals surface area contributed by atoms with E-state index in [2.05, 4.69) is 20.6 Å². The zero-order valence-electron chi connectivity index (χ0n) is 11.2. The van der Waals surface area contributed by atoms with Crippen LogP contribution in [-0.2, 0) is 6.54 Å². The van der Waals surface area contributed by atoms with Gasteiger partial charge in [0.2, 0.25) is 0 Å². The van der Waals surface area contributed by atoms with Crippen LogP contribution in [0.15, 0.2) is 24.4 Å². The molecule has 0 saturated heterocycles. The Morgan fingerprint density at radius 2 is 2.23 bits per heavy atom. The Kier molecular flexibility index (Phi) is 6.48. The summed E-state index contributed by atoms with van der Waals surface area (Å²) in [5.74, 6) is 0.120. The van der Waals surface area contributed by atoms with E-state index >= 15 is 0 Å². The molecule has 0 spiro atoms. The predicted octanol–water partition coefficient (Wildman–Crippen LogP) is 3.18. The average Bonchev–Trinajstić information content (AvgIpc) is 2.48. The molecule has 2 rings (SSSR count). The number of para-hydroxylation sites is 1. The van der Waals surface area contributed by atoms with Crippen LogP contribution in [0.5, 0.6) is 0 Å². The van der Waals surface area contributed by atoms with Gasteiger partial charge in [0.15, 0.2) is 4.77 Å². The van der Waals surface area contributed by atoms with Gasteiger partial charge in [-0.3, -0.25) is 4.79 Å². The fourth-order valence-electron chi connectivity index (χ4n) is 1.82. The summed E-state index contributed by atoms with van der Waals surface area (Å²) in [7, 11) is 1.68. The van der Waals surface area contributed by atoms with E-state index in [4.69, 9.17) is 29.6 Å². The van der Waals surface area contributed by atoms with Crippen molar-refractivity contribution >= 4 is 41.2 Å². The minimum atomic E-state index is -0.360. The molecule has 0 atom stereocenters. The summed E-state index contributed by atoms with van der Waals surface area (Å²) in [6.45, 7) is 0.268.